The second-order valence-corrected chi connectivity index (χ2v) is 44.7. The third-order valence-electron chi connectivity index (χ3n) is 32.5. The van der Waals surface area contributed by atoms with Gasteiger partial charge in [0.25, 0.3) is 0 Å². The molecule has 712 valence electrons. The van der Waals surface area contributed by atoms with E-state index < -0.39 is 11.2 Å². The Bertz CT molecular complexity index is 5370. The highest BCUT2D eigenvalue weighted by molar-refractivity contribution is 9.11. The number of phenols is 4. The molecule has 6 N–H and O–H groups in total. The van der Waals surface area contributed by atoms with E-state index >= 15 is 0 Å². The number of rotatable bonds is 33. The maximum absolute atomic E-state index is 12.7. The van der Waals surface area contributed by atoms with Crippen LogP contribution in [-0.4, -0.2) is 36.4 Å². The average molecular weight is 1940 g/mol. The molecule has 0 saturated heterocycles. The van der Waals surface area contributed by atoms with Gasteiger partial charge in [-0.1, -0.05) is 263 Å². The number of hydrogen-bond acceptors (Lipinski definition) is 10. The number of phenolic OH excluding ortho intramolecular Hbond substituents is 4. The maximum Gasteiger partial charge on any atom is 0.169 e. The van der Waals surface area contributed by atoms with E-state index in [2.05, 4.69) is 209 Å². The van der Waals surface area contributed by atoms with Crippen molar-refractivity contribution in [3.05, 3.63) is 311 Å². The second-order valence-electron chi connectivity index (χ2n) is 43.0. The molecule has 0 spiro atoms. The second kappa shape index (κ2) is 44.0. The van der Waals surface area contributed by atoms with Gasteiger partial charge in [0.1, 0.15) is 60.1 Å². The number of para-hydroxylation sites is 7. The van der Waals surface area contributed by atoms with Gasteiger partial charge in [-0.3, -0.25) is 4.79 Å². The van der Waals surface area contributed by atoms with Gasteiger partial charge in [-0.2, -0.15) is 0 Å². The van der Waals surface area contributed by atoms with Gasteiger partial charge in [0.2, 0.25) is 0 Å². The highest BCUT2D eigenvalue weighted by atomic mass is 79.9. The van der Waals surface area contributed by atoms with Gasteiger partial charge in [0, 0.05) is 17.0 Å². The summed E-state index contributed by atoms with van der Waals surface area (Å²) in [6.07, 6.45) is 30.1. The first kappa shape index (κ1) is 98.4. The number of aromatic hydroxyl groups is 4. The van der Waals surface area contributed by atoms with Gasteiger partial charge in [0.15, 0.2) is 5.78 Å². The van der Waals surface area contributed by atoms with Crippen LogP contribution in [0.1, 0.15) is 372 Å². The Morgan fingerprint density at radius 3 is 0.851 bits per heavy atom. The van der Waals surface area contributed by atoms with Crippen LogP contribution in [0.4, 0.5) is 0 Å². The summed E-state index contributed by atoms with van der Waals surface area (Å²) in [5.74, 6) is 17.5. The van der Waals surface area contributed by atoms with Crippen LogP contribution in [0.3, 0.4) is 0 Å². The lowest BCUT2D eigenvalue weighted by atomic mass is 9.85. The van der Waals surface area contributed by atoms with E-state index in [1.54, 1.807) is 0 Å². The van der Waals surface area contributed by atoms with E-state index in [0.717, 1.165) is 157 Å². The Balaban J connectivity index is 0.000000115. The molecule has 12 heteroatoms. The van der Waals surface area contributed by atoms with Crippen LogP contribution in [-0.2, 0) is 31.0 Å². The largest absolute Gasteiger partial charge is 0.507 e. The lowest BCUT2D eigenvalue weighted by Gasteiger charge is -2.29. The summed E-state index contributed by atoms with van der Waals surface area (Å²) in [5, 5.41) is 63.0. The molecule has 10 aromatic carbocycles. The third-order valence-corrected chi connectivity index (χ3v) is 33.7. The number of ketones is 1. The minimum absolute atomic E-state index is 0.218. The van der Waals surface area contributed by atoms with Gasteiger partial charge >= 0.3 is 0 Å². The van der Waals surface area contributed by atoms with E-state index in [1.807, 2.05) is 117 Å². The van der Waals surface area contributed by atoms with Gasteiger partial charge in [-0.15, -0.1) is 0 Å². The van der Waals surface area contributed by atoms with Crippen LogP contribution in [0.15, 0.2) is 227 Å². The van der Waals surface area contributed by atoms with E-state index in [1.165, 1.54) is 160 Å². The van der Waals surface area contributed by atoms with Gasteiger partial charge in [-0.05, 0) is 403 Å². The fourth-order valence-electron chi connectivity index (χ4n) is 20.8. The molecule has 22 rings (SSSR count). The first-order valence-electron chi connectivity index (χ1n) is 51.6. The first-order valence-corrected chi connectivity index (χ1v) is 53.2. The normalized spacial score (nSPS) is 20.6. The number of benzene rings is 10. The molecular weight excluding hydrogens is 1790 g/mol. The Hall–Kier alpha value is -8.65. The topological polar surface area (TPSA) is 166 Å². The summed E-state index contributed by atoms with van der Waals surface area (Å²) in [6.45, 7) is 25.8. The number of Topliss-reactive ketones (excluding diaryl/α,β-unsaturated/α-hetero) is 1. The minimum Gasteiger partial charge on any atom is -0.507 e. The molecule has 0 aromatic heterocycles. The number of aliphatic hydroxyl groups is 2. The number of ether oxygens (including phenoxy) is 3. The summed E-state index contributed by atoms with van der Waals surface area (Å²) in [7, 11) is 0. The highest BCUT2D eigenvalue weighted by Gasteiger charge is 2.47. The van der Waals surface area contributed by atoms with Crippen LogP contribution in [0.25, 0.3) is 0 Å². The summed E-state index contributed by atoms with van der Waals surface area (Å²) < 4.78 is 20.6. The van der Waals surface area contributed by atoms with Crippen LogP contribution in [0.5, 0.6) is 40.2 Å². The van der Waals surface area contributed by atoms with Crippen LogP contribution >= 0.6 is 31.9 Å². The van der Waals surface area contributed by atoms with Crippen molar-refractivity contribution in [2.75, 3.05) is 0 Å². The monoisotopic (exact) mass is 1930 g/mol. The van der Waals surface area contributed by atoms with Gasteiger partial charge in [-0.25, -0.2) is 0 Å². The molecule has 12 saturated carbocycles. The lowest BCUT2D eigenvalue weighted by Crippen LogP contribution is -2.25. The molecule has 11 unspecified atom stereocenters. The number of carbonyl (C=O) groups excluding carboxylic acids is 1. The predicted octanol–water partition coefficient (Wildman–Crippen LogP) is 32.3. The Morgan fingerprint density at radius 2 is 0.522 bits per heavy atom. The molecular formula is C122H150Br2O10. The lowest BCUT2D eigenvalue weighted by molar-refractivity contribution is 0.0294. The van der Waals surface area contributed by atoms with Crippen molar-refractivity contribution in [1.82, 2.24) is 0 Å². The van der Waals surface area contributed by atoms with Gasteiger partial charge < -0.3 is 44.8 Å². The smallest absolute Gasteiger partial charge is 0.169 e. The van der Waals surface area contributed by atoms with Crippen molar-refractivity contribution in [2.24, 2.45) is 71.0 Å². The average Bonchev–Trinajstić information content (AvgIpc) is 1.66. The summed E-state index contributed by atoms with van der Waals surface area (Å²) in [6, 6.07) is 74.0. The molecule has 0 heterocycles. The molecule has 12 aliphatic carbocycles. The quantitative estimate of drug-likeness (QED) is 0.0218. The maximum atomic E-state index is 12.7. The number of hydrogen-bond donors (Lipinski definition) is 6. The molecule has 10 nitrogen and oxygen atoms in total. The SMILES string of the molecule is CC(c1cccc(Br)c1O)C1CC1.CC(c1cccc(Br)c1OCc1ccccc1)C1CC1.CC(c1cccc(C(=O)C2CC2)c1OCc1ccccc1)C1CC1.CC(c1cccc(C(C)(O)C2CC2)c1O)C1CC1.CC(c1cccc(C(C)(O)C2CC2)c1OCc1ccccc1)C1CC1.CC(c1cccc(C(C)C2CC2)c1O)C1CC1.CC(c1cccc(C(C)C2CC2)c1O)C1CC1. The van der Waals surface area contributed by atoms with Crippen molar-refractivity contribution < 1.29 is 49.6 Å². The predicted molar refractivity (Wildman–Crippen MR) is 551 cm³/mol. The molecule has 0 aliphatic heterocycles. The Labute approximate surface area is 818 Å². The summed E-state index contributed by atoms with van der Waals surface area (Å²) in [4.78, 5) is 12.7. The molecule has 12 aliphatic rings. The zero-order chi connectivity index (χ0) is 94.2. The molecule has 12 fully saturated rings. The van der Waals surface area contributed by atoms with Crippen molar-refractivity contribution in [2.45, 2.75) is 315 Å². The molecule has 134 heavy (non-hydrogen) atoms. The van der Waals surface area contributed by atoms with Crippen LogP contribution in [0.2, 0.25) is 0 Å². The Morgan fingerprint density at radius 1 is 0.276 bits per heavy atom. The van der Waals surface area contributed by atoms with Crippen molar-refractivity contribution in [3.8, 4) is 40.2 Å². The number of carbonyl (C=O) groups is 1. The van der Waals surface area contributed by atoms with Crippen molar-refractivity contribution >= 4 is 37.6 Å². The highest BCUT2D eigenvalue weighted by Crippen LogP contribution is 2.58. The van der Waals surface area contributed by atoms with Crippen molar-refractivity contribution in [1.29, 1.82) is 0 Å². The van der Waals surface area contributed by atoms with Gasteiger partial charge in [0.05, 0.1) is 25.7 Å². The number of halogens is 2. The summed E-state index contributed by atoms with van der Waals surface area (Å²) in [5.41, 5.74) is 14.9. The fraction of sp³-hybridized carbons (Fsp3) is 0.500. The van der Waals surface area contributed by atoms with E-state index in [9.17, 15) is 35.4 Å². The molecule has 0 amide bonds. The Kier molecular flexibility index (Phi) is 32.3. The molecule has 10 aromatic rings. The molecule has 0 bridgehead atoms. The third kappa shape index (κ3) is 25.6. The zero-order valence-corrected chi connectivity index (χ0v) is 84.7. The standard InChI is InChI=1S/C23H28O2.C22H24O2.C18H19BrO.C16H22O2.2C16H22O.C11H13BrO/c1-16(18-11-12-18)20-9-6-10-21(23(2,24)19-13-14-19)22(20)25-15-17-7-4-3-5-8-17;1-15(17-10-11-17)19-8-5-9-20(21(23)18-12-13-18)22(19)24-14-16-6-3-2-4-7-16;1-13(15-10-11-15)16-8-5-9-17(19)18(16)20-12-14-6-3-2-4-7-14;1-10(11-6-7-11)13-4-3-5-14(15(13)17)16(2,18)12-8-9-12;2*1-10(12-6-7-12)14-4-3-5-15(16(14)17)11(2)13-8-9-13;1-7(8-5-6-8)9-3-2-4-10(12)11(9)13/h3-10,16,18-19,24H,11-15H2,1-2H3;2-9,15,17-18H,10-14H2,1H3;2-9,13,15H,10-12H2,1H3;3-5,10-12,17-18H,6-9H2,1-2H3;2*3-5,10-13,17H,6-9H2,1-2H3;2-4,7-8,13H,5-6H2,1H3. The first-order chi connectivity index (χ1) is 64.6. The molecule has 11 atom stereocenters. The van der Waals surface area contributed by atoms with E-state index in [-0.39, 0.29) is 11.7 Å². The van der Waals surface area contributed by atoms with Crippen LogP contribution in [0, 0.1) is 71.0 Å². The fourth-order valence-corrected chi connectivity index (χ4v) is 21.7. The molecule has 0 radical (unpaired) electrons. The van der Waals surface area contributed by atoms with E-state index in [4.69, 9.17) is 14.2 Å². The van der Waals surface area contributed by atoms with E-state index in [0.29, 0.717) is 108 Å². The summed E-state index contributed by atoms with van der Waals surface area (Å²) >= 11 is 6.97. The van der Waals surface area contributed by atoms with Crippen molar-refractivity contribution in [3.63, 3.8) is 0 Å². The minimum atomic E-state index is -0.872. The van der Waals surface area contributed by atoms with Crippen LogP contribution < -0.4 is 14.2 Å². The zero-order valence-electron chi connectivity index (χ0n) is 81.6.